The predicted octanol–water partition coefficient (Wildman–Crippen LogP) is 1.68. The van der Waals surface area contributed by atoms with Gasteiger partial charge in [0.25, 0.3) is 0 Å². The number of pyridine rings is 1. The molecule has 0 spiro atoms. The number of hydrogen-bond acceptors (Lipinski definition) is 6. The van der Waals surface area contributed by atoms with Gasteiger partial charge >= 0.3 is 0 Å². The van der Waals surface area contributed by atoms with Crippen molar-refractivity contribution in [3.8, 4) is 6.07 Å². The highest BCUT2D eigenvalue weighted by molar-refractivity contribution is 7.89. The second kappa shape index (κ2) is 6.63. The number of aromatic nitrogens is 1. The van der Waals surface area contributed by atoms with Crippen LogP contribution in [0.15, 0.2) is 18.3 Å². The monoisotopic (exact) mass is 376 g/mol. The molecule has 8 heteroatoms. The van der Waals surface area contributed by atoms with Gasteiger partial charge in [-0.15, -0.1) is 0 Å². The summed E-state index contributed by atoms with van der Waals surface area (Å²) in [5, 5.41) is 12.0. The van der Waals surface area contributed by atoms with E-state index in [1.54, 1.807) is 18.3 Å². The Hall–Kier alpha value is -1.98. The van der Waals surface area contributed by atoms with E-state index in [4.69, 9.17) is 5.26 Å². The Kier molecular flexibility index (Phi) is 4.80. The Labute approximate surface area is 154 Å². The average molecular weight is 376 g/mol. The van der Waals surface area contributed by atoms with Gasteiger partial charge in [-0.25, -0.2) is 18.1 Å². The zero-order chi connectivity index (χ0) is 19.0. The van der Waals surface area contributed by atoms with Crippen molar-refractivity contribution in [1.82, 2.24) is 9.71 Å². The molecule has 140 valence electrons. The van der Waals surface area contributed by atoms with Crippen molar-refractivity contribution in [1.29, 1.82) is 5.26 Å². The summed E-state index contributed by atoms with van der Waals surface area (Å²) in [7, 11) is -3.58. The molecule has 2 fully saturated rings. The molecule has 3 rings (SSSR count). The smallest absolute Gasteiger partial charge is 0.212 e. The fourth-order valence-corrected chi connectivity index (χ4v) is 6.35. The molecule has 2 atom stereocenters. The number of nitriles is 1. The molecule has 2 aliphatic carbocycles. The Balaban J connectivity index is 1.59. The third-order valence-corrected chi connectivity index (χ3v) is 7.76. The first-order chi connectivity index (χ1) is 12.2. The highest BCUT2D eigenvalue weighted by Gasteiger charge is 2.65. The molecule has 1 aromatic rings. The maximum Gasteiger partial charge on any atom is 0.212 e. The second-order valence-electron chi connectivity index (χ2n) is 7.76. The van der Waals surface area contributed by atoms with E-state index < -0.39 is 15.4 Å². The van der Waals surface area contributed by atoms with Crippen LogP contribution in [0.25, 0.3) is 0 Å². The highest BCUT2D eigenvalue weighted by atomic mass is 32.2. The molecule has 0 saturated heterocycles. The van der Waals surface area contributed by atoms with Gasteiger partial charge in [0.05, 0.1) is 11.3 Å². The molecular weight excluding hydrogens is 352 g/mol. The van der Waals surface area contributed by atoms with E-state index in [-0.39, 0.29) is 23.5 Å². The molecule has 0 aliphatic heterocycles. The maximum atomic E-state index is 12.6. The Morgan fingerprint density at radius 3 is 2.77 bits per heavy atom. The predicted molar refractivity (Wildman–Crippen MR) is 97.8 cm³/mol. The standard InChI is InChI=1S/C18H24N4O3S/c1-17(2)14-5-6-18(17,15(23)10-14)12-26(24,25)22-9-8-21-16-13(11-19)4-3-7-20-16/h3-4,7,14,22H,5-6,8-10,12H2,1-2H3,(H,20,21)/t14-,18+/m0/s1. The van der Waals surface area contributed by atoms with Gasteiger partial charge < -0.3 is 5.32 Å². The number of nitrogens with one attached hydrogen (secondary N) is 2. The minimum atomic E-state index is -3.58. The molecule has 26 heavy (non-hydrogen) atoms. The summed E-state index contributed by atoms with van der Waals surface area (Å²) in [6.45, 7) is 4.52. The van der Waals surface area contributed by atoms with Crippen LogP contribution in [0.5, 0.6) is 0 Å². The number of Topliss-reactive ketones (excluding diaryl/α,β-unsaturated/α-hetero) is 1. The molecule has 2 N–H and O–H groups in total. The summed E-state index contributed by atoms with van der Waals surface area (Å²) in [6.07, 6.45) is 3.64. The first kappa shape index (κ1) is 18.8. The first-order valence-electron chi connectivity index (χ1n) is 8.81. The van der Waals surface area contributed by atoms with E-state index in [9.17, 15) is 13.2 Å². The van der Waals surface area contributed by atoms with Gasteiger partial charge in [0.1, 0.15) is 17.7 Å². The van der Waals surface area contributed by atoms with E-state index in [1.165, 1.54) is 0 Å². The minimum absolute atomic E-state index is 0.0920. The van der Waals surface area contributed by atoms with Crippen LogP contribution in [-0.2, 0) is 14.8 Å². The lowest BCUT2D eigenvalue weighted by atomic mass is 9.70. The molecule has 2 bridgehead atoms. The summed E-state index contributed by atoms with van der Waals surface area (Å²) in [5.41, 5.74) is -0.622. The van der Waals surface area contributed by atoms with Crippen LogP contribution >= 0.6 is 0 Å². The summed E-state index contributed by atoms with van der Waals surface area (Å²) in [4.78, 5) is 16.6. The van der Waals surface area contributed by atoms with E-state index in [0.29, 0.717) is 36.7 Å². The van der Waals surface area contributed by atoms with Gasteiger partial charge in [-0.3, -0.25) is 4.79 Å². The quantitative estimate of drug-likeness (QED) is 0.700. The van der Waals surface area contributed by atoms with Crippen molar-refractivity contribution in [2.45, 2.75) is 33.1 Å². The normalized spacial score (nSPS) is 26.7. The van der Waals surface area contributed by atoms with Crippen molar-refractivity contribution < 1.29 is 13.2 Å². The Bertz CT molecular complexity index is 859. The molecule has 0 amide bonds. The zero-order valence-corrected chi connectivity index (χ0v) is 15.9. The Morgan fingerprint density at radius 2 is 2.15 bits per heavy atom. The van der Waals surface area contributed by atoms with Crippen LogP contribution < -0.4 is 10.0 Å². The van der Waals surface area contributed by atoms with Crippen molar-refractivity contribution in [3.05, 3.63) is 23.9 Å². The number of sulfonamides is 1. The van der Waals surface area contributed by atoms with Gasteiger partial charge in [-0.2, -0.15) is 5.26 Å². The fourth-order valence-electron chi connectivity index (χ4n) is 4.51. The molecular formula is C18H24N4O3S. The van der Waals surface area contributed by atoms with Crippen molar-refractivity contribution in [3.63, 3.8) is 0 Å². The van der Waals surface area contributed by atoms with Crippen LogP contribution in [0.2, 0.25) is 0 Å². The van der Waals surface area contributed by atoms with Gasteiger partial charge in [0, 0.05) is 31.1 Å². The number of carbonyl (C=O) groups excluding carboxylic acids is 1. The van der Waals surface area contributed by atoms with Crippen molar-refractivity contribution in [2.75, 3.05) is 24.2 Å². The number of fused-ring (bicyclic) bond motifs is 2. The number of nitrogens with zero attached hydrogens (tertiary/aromatic N) is 2. The topological polar surface area (TPSA) is 112 Å². The van der Waals surface area contributed by atoms with E-state index in [0.717, 1.165) is 6.42 Å². The molecule has 1 heterocycles. The Morgan fingerprint density at radius 1 is 1.38 bits per heavy atom. The van der Waals surface area contributed by atoms with Crippen LogP contribution in [0.3, 0.4) is 0 Å². The van der Waals surface area contributed by atoms with Gasteiger partial charge in [0.2, 0.25) is 10.0 Å². The van der Waals surface area contributed by atoms with Gasteiger partial charge in [-0.1, -0.05) is 13.8 Å². The third kappa shape index (κ3) is 3.10. The lowest BCUT2D eigenvalue weighted by Gasteiger charge is -2.36. The largest absolute Gasteiger partial charge is 0.368 e. The van der Waals surface area contributed by atoms with Crippen molar-refractivity contribution >= 4 is 21.6 Å². The number of rotatable bonds is 7. The molecule has 0 unspecified atom stereocenters. The zero-order valence-electron chi connectivity index (χ0n) is 15.1. The summed E-state index contributed by atoms with van der Waals surface area (Å²) >= 11 is 0. The lowest BCUT2D eigenvalue weighted by Crippen LogP contribution is -2.45. The van der Waals surface area contributed by atoms with E-state index in [1.807, 2.05) is 19.9 Å². The fraction of sp³-hybridized carbons (Fsp3) is 0.611. The number of anilines is 1. The second-order valence-corrected chi connectivity index (χ2v) is 9.57. The van der Waals surface area contributed by atoms with Crippen LogP contribution in [0.4, 0.5) is 5.82 Å². The lowest BCUT2D eigenvalue weighted by molar-refractivity contribution is -0.128. The van der Waals surface area contributed by atoms with Gasteiger partial charge in [-0.05, 0) is 36.3 Å². The highest BCUT2D eigenvalue weighted by Crippen LogP contribution is 2.64. The molecule has 2 aliphatic rings. The molecule has 0 aromatic carbocycles. The summed E-state index contributed by atoms with van der Waals surface area (Å²) < 4.78 is 27.7. The SMILES string of the molecule is CC1(C)[C@H]2CC[C@@]1(CS(=O)(=O)NCCNc1ncccc1C#N)C(=O)C2. The summed E-state index contributed by atoms with van der Waals surface area (Å²) in [5.74, 6) is 0.670. The number of carbonyl (C=O) groups is 1. The van der Waals surface area contributed by atoms with Crippen LogP contribution in [-0.4, -0.2) is 38.0 Å². The van der Waals surface area contributed by atoms with E-state index in [2.05, 4.69) is 15.0 Å². The maximum absolute atomic E-state index is 12.6. The number of hydrogen-bond donors (Lipinski definition) is 2. The minimum Gasteiger partial charge on any atom is -0.368 e. The van der Waals surface area contributed by atoms with Crippen molar-refractivity contribution in [2.24, 2.45) is 16.7 Å². The third-order valence-electron chi connectivity index (χ3n) is 6.24. The molecule has 0 radical (unpaired) electrons. The average Bonchev–Trinajstić information content (AvgIpc) is 2.93. The van der Waals surface area contributed by atoms with E-state index >= 15 is 0 Å². The summed E-state index contributed by atoms with van der Waals surface area (Å²) in [6, 6.07) is 5.34. The molecule has 7 nitrogen and oxygen atoms in total. The van der Waals surface area contributed by atoms with Gasteiger partial charge in [0.15, 0.2) is 0 Å². The molecule has 1 aromatic heterocycles. The first-order valence-corrected chi connectivity index (χ1v) is 10.5. The molecule has 2 saturated carbocycles. The van der Waals surface area contributed by atoms with Crippen LogP contribution in [0.1, 0.15) is 38.7 Å². The number of ketones is 1. The van der Waals surface area contributed by atoms with Crippen LogP contribution in [0, 0.1) is 28.1 Å².